The predicted octanol–water partition coefficient (Wildman–Crippen LogP) is 12.1. The van der Waals surface area contributed by atoms with Crippen LogP contribution in [0.4, 0.5) is 0 Å². The largest absolute Gasteiger partial charge is 0.494 e. The van der Waals surface area contributed by atoms with Crippen LogP contribution in [0.3, 0.4) is 0 Å². The van der Waals surface area contributed by atoms with Crippen molar-refractivity contribution in [2.24, 2.45) is 0 Å². The van der Waals surface area contributed by atoms with E-state index in [-0.39, 0.29) is 25.7 Å². The Balaban J connectivity index is 0.000000152. The lowest BCUT2D eigenvalue weighted by Gasteiger charge is -2.32. The van der Waals surface area contributed by atoms with Crippen LogP contribution in [-0.2, 0) is 9.31 Å². The third-order valence-corrected chi connectivity index (χ3v) is 15.3. The number of hydrogen-bond donors (Lipinski definition) is 0. The molecule has 0 amide bonds. The number of pyridine rings is 2. The molecular formula is C47H54BBrN2O4Si2. The van der Waals surface area contributed by atoms with Crippen molar-refractivity contribution in [1.82, 2.24) is 9.97 Å². The van der Waals surface area contributed by atoms with Gasteiger partial charge < -0.3 is 18.1 Å². The van der Waals surface area contributed by atoms with Crippen LogP contribution in [-0.4, -0.2) is 44.4 Å². The van der Waals surface area contributed by atoms with Crippen molar-refractivity contribution in [3.63, 3.8) is 0 Å². The maximum Gasteiger partial charge on any atom is 0.494 e. The minimum Gasteiger partial charge on any atom is -0.456 e. The molecule has 1 aliphatic rings. The Kier molecular flexibility index (Phi) is 12.0. The van der Waals surface area contributed by atoms with Crippen molar-refractivity contribution in [3.8, 4) is 11.3 Å². The van der Waals surface area contributed by atoms with E-state index in [4.69, 9.17) is 23.1 Å². The molecule has 0 unspecified atom stereocenters. The second kappa shape index (κ2) is 16.1. The Morgan fingerprint density at radius 3 is 1.49 bits per heavy atom. The summed E-state index contributed by atoms with van der Waals surface area (Å²) in [5.74, 6) is 0. The Bertz CT molecular complexity index is 2620. The van der Waals surface area contributed by atoms with Gasteiger partial charge in [-0.1, -0.05) is 107 Å². The second-order valence-corrected chi connectivity index (χ2v) is 28.5. The van der Waals surface area contributed by atoms with Gasteiger partial charge >= 0.3 is 7.12 Å². The van der Waals surface area contributed by atoms with Crippen LogP contribution >= 0.6 is 15.9 Å². The smallest absolute Gasteiger partial charge is 0.456 e. The van der Waals surface area contributed by atoms with E-state index in [1.54, 1.807) is 0 Å². The molecule has 0 atom stereocenters. The molecule has 1 aliphatic heterocycles. The Morgan fingerprint density at radius 2 is 1.00 bits per heavy atom. The summed E-state index contributed by atoms with van der Waals surface area (Å²) >= 11 is 3.32. The van der Waals surface area contributed by atoms with Crippen molar-refractivity contribution in [1.29, 1.82) is 0 Å². The number of aromatic nitrogens is 2. The maximum atomic E-state index is 6.13. The molecule has 0 saturated carbocycles. The summed E-state index contributed by atoms with van der Waals surface area (Å²) in [6.45, 7) is 22.2. The quantitative estimate of drug-likeness (QED) is 0.130. The molecule has 1 fully saturated rings. The van der Waals surface area contributed by atoms with Gasteiger partial charge in [0.05, 0.1) is 33.0 Å². The first-order valence-electron chi connectivity index (χ1n) is 19.2. The topological polar surface area (TPSA) is 70.5 Å². The van der Waals surface area contributed by atoms with Gasteiger partial charge in [0.25, 0.3) is 0 Å². The highest BCUT2D eigenvalue weighted by Crippen LogP contribution is 2.37. The van der Waals surface area contributed by atoms with Gasteiger partial charge in [0, 0.05) is 39.5 Å². The molecule has 0 bridgehead atoms. The molecule has 4 aromatic heterocycles. The number of nitrogens with zero attached hydrogens (tertiary/aromatic N) is 2. The fourth-order valence-corrected chi connectivity index (χ4v) is 8.89. The van der Waals surface area contributed by atoms with E-state index in [1.807, 2.05) is 73.1 Å². The predicted molar refractivity (Wildman–Crippen MR) is 251 cm³/mol. The van der Waals surface area contributed by atoms with Gasteiger partial charge in [0.2, 0.25) is 0 Å². The normalized spacial score (nSPS) is 14.9. The third kappa shape index (κ3) is 9.06. The Hall–Kier alpha value is -4.32. The number of halogens is 1. The van der Waals surface area contributed by atoms with Crippen molar-refractivity contribution < 1.29 is 18.1 Å². The molecule has 10 heteroatoms. The minimum atomic E-state index is -1.30. The van der Waals surface area contributed by atoms with E-state index in [0.29, 0.717) is 0 Å². The van der Waals surface area contributed by atoms with Gasteiger partial charge in [-0.3, -0.25) is 4.98 Å². The van der Waals surface area contributed by atoms with Crippen LogP contribution in [0.15, 0.2) is 135 Å². The van der Waals surface area contributed by atoms with Crippen LogP contribution in [0, 0.1) is 0 Å². The van der Waals surface area contributed by atoms with Crippen molar-refractivity contribution in [3.05, 3.63) is 126 Å². The number of hydrogen-bond acceptors (Lipinski definition) is 6. The number of para-hydroxylation sites is 2. The Morgan fingerprint density at radius 1 is 0.526 bits per heavy atom. The standard InChI is InChI=1S/C20H19NOSi.C18H19BO3.C8H12BrNSi.CH4/c1-23(2,3)15-9-10-18(21-13-15)14-8-11-20-17(12-14)16-6-4-5-7-19(16)22-20;1-17(2)18(3,4)22-19(21-17)12-9-10-16-14(11-12)13-7-5-6-8-15(13)20-16;1-11(2,3)7-4-5-8(9)10-6-7;/h4-13H,1-3H3;5-11H,1-4H3;4-6H,1-3H3;1H4. The lowest BCUT2D eigenvalue weighted by molar-refractivity contribution is 0.00578. The molecule has 4 aromatic carbocycles. The Labute approximate surface area is 348 Å². The molecule has 8 aromatic rings. The molecule has 1 saturated heterocycles. The summed E-state index contributed by atoms with van der Waals surface area (Å²) in [5.41, 5.74) is 6.17. The molecule has 0 N–H and O–H groups in total. The zero-order chi connectivity index (χ0) is 40.0. The van der Waals surface area contributed by atoms with Gasteiger partial charge in [0.1, 0.15) is 26.9 Å². The fourth-order valence-electron chi connectivity index (χ4n) is 6.58. The average Bonchev–Trinajstić information content (AvgIpc) is 3.79. The maximum absolute atomic E-state index is 6.13. The molecule has 9 rings (SSSR count). The van der Waals surface area contributed by atoms with E-state index in [1.165, 1.54) is 10.4 Å². The molecule has 0 radical (unpaired) electrons. The van der Waals surface area contributed by atoms with E-state index in [9.17, 15) is 0 Å². The monoisotopic (exact) mass is 856 g/mol. The van der Waals surface area contributed by atoms with Crippen molar-refractivity contribution in [2.45, 2.75) is 85.6 Å². The molecule has 294 valence electrons. The highest BCUT2D eigenvalue weighted by Gasteiger charge is 2.51. The van der Waals surface area contributed by atoms with Crippen LogP contribution in [0.5, 0.6) is 0 Å². The van der Waals surface area contributed by atoms with Crippen LogP contribution in [0.25, 0.3) is 55.1 Å². The number of rotatable bonds is 4. The molecule has 0 spiro atoms. The van der Waals surface area contributed by atoms with Crippen molar-refractivity contribution >= 4 is 98.9 Å². The number of furan rings is 2. The summed E-state index contributed by atoms with van der Waals surface area (Å²) in [4.78, 5) is 8.89. The van der Waals surface area contributed by atoms with E-state index < -0.39 is 16.1 Å². The summed E-state index contributed by atoms with van der Waals surface area (Å²) in [6, 6.07) is 37.2. The number of fused-ring (bicyclic) bond motifs is 6. The summed E-state index contributed by atoms with van der Waals surface area (Å²) in [6.07, 6.45) is 4.01. The first kappa shape index (κ1) is 42.3. The lowest BCUT2D eigenvalue weighted by atomic mass is 9.78. The van der Waals surface area contributed by atoms with Gasteiger partial charge in [-0.15, -0.1) is 0 Å². The SMILES string of the molecule is C.CC1(C)OB(c2ccc3oc4ccccc4c3c2)OC1(C)C.C[Si](C)(C)c1ccc(-c2ccc3oc4ccccc4c3c2)nc1.C[Si](C)(C)c1ccc(Br)nc1. The van der Waals surface area contributed by atoms with Gasteiger partial charge in [0.15, 0.2) is 0 Å². The molecule has 5 heterocycles. The number of benzene rings is 4. The average molecular weight is 858 g/mol. The van der Waals surface area contributed by atoms with Crippen molar-refractivity contribution in [2.75, 3.05) is 0 Å². The third-order valence-electron chi connectivity index (χ3n) is 10.8. The molecule has 57 heavy (non-hydrogen) atoms. The zero-order valence-electron chi connectivity index (χ0n) is 34.0. The summed E-state index contributed by atoms with van der Waals surface area (Å²) in [7, 11) is -2.79. The van der Waals surface area contributed by atoms with Gasteiger partial charge in [-0.05, 0) is 108 Å². The van der Waals surface area contributed by atoms with Gasteiger partial charge in [-0.25, -0.2) is 4.98 Å². The van der Waals surface area contributed by atoms with Crippen LogP contribution in [0.2, 0.25) is 39.3 Å². The van der Waals surface area contributed by atoms with E-state index in [2.05, 4.69) is 136 Å². The van der Waals surface area contributed by atoms with E-state index in [0.717, 1.165) is 65.2 Å². The summed E-state index contributed by atoms with van der Waals surface area (Å²) in [5, 5.41) is 7.31. The van der Waals surface area contributed by atoms with Crippen LogP contribution < -0.4 is 15.8 Å². The highest BCUT2D eigenvalue weighted by molar-refractivity contribution is 9.10. The van der Waals surface area contributed by atoms with E-state index >= 15 is 0 Å². The molecular weight excluding hydrogens is 803 g/mol. The highest BCUT2D eigenvalue weighted by atomic mass is 79.9. The fraction of sp³-hybridized carbons (Fsp3) is 0.277. The molecule has 6 nitrogen and oxygen atoms in total. The second-order valence-electron chi connectivity index (χ2n) is 17.6. The first-order valence-corrected chi connectivity index (χ1v) is 27.0. The first-order chi connectivity index (χ1) is 26.4. The zero-order valence-corrected chi connectivity index (χ0v) is 37.6. The minimum absolute atomic E-state index is 0. The lowest BCUT2D eigenvalue weighted by Crippen LogP contribution is -2.41. The molecule has 0 aliphatic carbocycles. The van der Waals surface area contributed by atoms with Crippen LogP contribution in [0.1, 0.15) is 35.1 Å². The summed E-state index contributed by atoms with van der Waals surface area (Å²) < 4.78 is 24.9. The van der Waals surface area contributed by atoms with Gasteiger partial charge in [-0.2, -0.15) is 0 Å².